The van der Waals surface area contributed by atoms with E-state index in [4.69, 9.17) is 5.26 Å². The number of nitriles is 1. The summed E-state index contributed by atoms with van der Waals surface area (Å²) >= 11 is 1.37. The Morgan fingerprint density at radius 2 is 2.28 bits per heavy atom. The second kappa shape index (κ2) is 5.15. The highest BCUT2D eigenvalue weighted by Gasteiger charge is 2.20. The van der Waals surface area contributed by atoms with E-state index in [1.165, 1.54) is 16.9 Å². The van der Waals surface area contributed by atoms with Crippen LogP contribution < -0.4 is 5.32 Å². The number of rotatable bonds is 4. The van der Waals surface area contributed by atoms with Crippen molar-refractivity contribution in [3.05, 3.63) is 41.2 Å². The van der Waals surface area contributed by atoms with Crippen molar-refractivity contribution < 1.29 is 0 Å². The summed E-state index contributed by atoms with van der Waals surface area (Å²) in [7, 11) is 0. The van der Waals surface area contributed by atoms with Crippen LogP contribution in [0.5, 0.6) is 0 Å². The lowest BCUT2D eigenvalue weighted by molar-refractivity contribution is 0.554. The summed E-state index contributed by atoms with van der Waals surface area (Å²) in [5.41, 5.74) is 1.14. The van der Waals surface area contributed by atoms with Gasteiger partial charge in [0, 0.05) is 24.4 Å². The van der Waals surface area contributed by atoms with Crippen molar-refractivity contribution in [2.24, 2.45) is 0 Å². The number of hydrogen-bond acceptors (Lipinski definition) is 5. The summed E-state index contributed by atoms with van der Waals surface area (Å²) in [6.07, 6.45) is 5.24. The van der Waals surface area contributed by atoms with E-state index >= 15 is 0 Å². The van der Waals surface area contributed by atoms with E-state index in [0.717, 1.165) is 11.7 Å². The molecule has 4 nitrogen and oxygen atoms in total. The molecule has 0 atom stereocenters. The maximum atomic E-state index is 8.74. The quantitative estimate of drug-likeness (QED) is 0.916. The van der Waals surface area contributed by atoms with Gasteiger partial charge in [0.1, 0.15) is 10.9 Å². The number of nitrogens with zero attached hydrogens (tertiary/aromatic N) is 3. The third-order valence-corrected chi connectivity index (χ3v) is 3.60. The van der Waals surface area contributed by atoms with E-state index < -0.39 is 0 Å². The maximum absolute atomic E-state index is 8.74. The Morgan fingerprint density at radius 1 is 1.44 bits per heavy atom. The van der Waals surface area contributed by atoms with Crippen molar-refractivity contribution in [2.75, 3.05) is 11.9 Å². The normalized spacial score (nSPS) is 10.9. The average Bonchev–Trinajstić information content (AvgIpc) is 2.86. The molecule has 2 rings (SSSR count). The van der Waals surface area contributed by atoms with Gasteiger partial charge in [0.05, 0.1) is 6.20 Å². The van der Waals surface area contributed by atoms with Crippen molar-refractivity contribution in [3.63, 3.8) is 0 Å². The molecule has 0 fully saturated rings. The van der Waals surface area contributed by atoms with Crippen molar-refractivity contribution in [3.8, 4) is 6.07 Å². The summed E-state index contributed by atoms with van der Waals surface area (Å²) in [4.78, 5) is 8.91. The van der Waals surface area contributed by atoms with Crippen LogP contribution in [0.25, 0.3) is 0 Å². The number of aromatic nitrogens is 2. The first-order valence-electron chi connectivity index (χ1n) is 5.62. The summed E-state index contributed by atoms with van der Waals surface area (Å²) in [6.45, 7) is 5.04. The van der Waals surface area contributed by atoms with Crippen LogP contribution in [0.1, 0.15) is 24.3 Å². The molecule has 0 saturated carbocycles. The molecule has 2 aromatic rings. The molecule has 0 aliphatic rings. The van der Waals surface area contributed by atoms with E-state index in [2.05, 4.69) is 41.3 Å². The molecule has 2 aromatic heterocycles. The van der Waals surface area contributed by atoms with E-state index in [1.54, 1.807) is 12.4 Å². The molecule has 0 aliphatic heterocycles. The van der Waals surface area contributed by atoms with Crippen LogP contribution in [0, 0.1) is 11.3 Å². The van der Waals surface area contributed by atoms with E-state index in [0.29, 0.717) is 4.88 Å². The lowest BCUT2D eigenvalue weighted by atomic mass is 9.86. The van der Waals surface area contributed by atoms with Crippen molar-refractivity contribution in [1.82, 2.24) is 9.97 Å². The number of anilines is 1. The molecule has 0 unspecified atom stereocenters. The standard InChI is InChI=1S/C13H14N4S/c1-13(2,10-4-3-5-15-7-10)9-17-12-16-8-11(6-14)18-12/h3-5,7-8H,9H2,1-2H3,(H,16,17). The molecule has 92 valence electrons. The minimum atomic E-state index is -0.0350. The Balaban J connectivity index is 2.03. The zero-order valence-electron chi connectivity index (χ0n) is 10.3. The van der Waals surface area contributed by atoms with Gasteiger partial charge < -0.3 is 5.32 Å². The first-order chi connectivity index (χ1) is 8.62. The van der Waals surface area contributed by atoms with E-state index in [9.17, 15) is 0 Å². The minimum absolute atomic E-state index is 0.0350. The predicted octanol–water partition coefficient (Wildman–Crippen LogP) is 2.80. The summed E-state index contributed by atoms with van der Waals surface area (Å²) in [5, 5.41) is 12.8. The zero-order valence-corrected chi connectivity index (χ0v) is 11.2. The fraction of sp³-hybridized carbons (Fsp3) is 0.308. The van der Waals surface area contributed by atoms with Gasteiger partial charge in [-0.15, -0.1) is 0 Å². The number of pyridine rings is 1. The molecule has 5 heteroatoms. The highest BCUT2D eigenvalue weighted by atomic mass is 32.1. The zero-order chi connectivity index (χ0) is 13.0. The smallest absolute Gasteiger partial charge is 0.183 e. The van der Waals surface area contributed by atoms with Crippen molar-refractivity contribution >= 4 is 16.5 Å². The Hall–Kier alpha value is -1.93. The van der Waals surface area contributed by atoms with Crippen LogP contribution in [-0.4, -0.2) is 16.5 Å². The lowest BCUT2D eigenvalue weighted by Gasteiger charge is -2.24. The third-order valence-electron chi connectivity index (χ3n) is 2.74. The Labute approximate surface area is 110 Å². The van der Waals surface area contributed by atoms with Crippen LogP contribution in [-0.2, 0) is 5.41 Å². The van der Waals surface area contributed by atoms with Crippen molar-refractivity contribution in [1.29, 1.82) is 5.26 Å². The highest BCUT2D eigenvalue weighted by Crippen LogP contribution is 2.24. The lowest BCUT2D eigenvalue weighted by Crippen LogP contribution is -2.27. The Kier molecular flexibility index (Phi) is 3.58. The van der Waals surface area contributed by atoms with Gasteiger partial charge >= 0.3 is 0 Å². The highest BCUT2D eigenvalue weighted by molar-refractivity contribution is 7.16. The topological polar surface area (TPSA) is 61.6 Å². The largest absolute Gasteiger partial charge is 0.361 e. The molecular weight excluding hydrogens is 244 g/mol. The third kappa shape index (κ3) is 2.84. The van der Waals surface area contributed by atoms with Gasteiger partial charge in [-0.25, -0.2) is 4.98 Å². The number of thiazole rings is 1. The first kappa shape index (κ1) is 12.5. The first-order valence-corrected chi connectivity index (χ1v) is 6.44. The summed E-state index contributed by atoms with van der Waals surface area (Å²) < 4.78 is 0. The average molecular weight is 258 g/mol. The molecule has 0 amide bonds. The molecule has 0 radical (unpaired) electrons. The van der Waals surface area contributed by atoms with Gasteiger partial charge in [0.2, 0.25) is 0 Å². The van der Waals surface area contributed by atoms with Crippen LogP contribution in [0.4, 0.5) is 5.13 Å². The molecule has 0 saturated heterocycles. The number of nitrogens with one attached hydrogen (secondary N) is 1. The monoisotopic (exact) mass is 258 g/mol. The van der Waals surface area contributed by atoms with Gasteiger partial charge in [0.15, 0.2) is 5.13 Å². The van der Waals surface area contributed by atoms with Gasteiger partial charge in [-0.1, -0.05) is 31.3 Å². The second-order valence-electron chi connectivity index (χ2n) is 4.62. The Morgan fingerprint density at radius 3 is 2.89 bits per heavy atom. The van der Waals surface area contributed by atoms with Crippen LogP contribution >= 0.6 is 11.3 Å². The summed E-state index contributed by atoms with van der Waals surface area (Å²) in [6, 6.07) is 6.09. The predicted molar refractivity (Wildman–Crippen MR) is 72.6 cm³/mol. The van der Waals surface area contributed by atoms with Gasteiger partial charge in [-0.05, 0) is 11.6 Å². The molecular formula is C13H14N4S. The SMILES string of the molecule is CC(C)(CNc1ncc(C#N)s1)c1cccnc1. The van der Waals surface area contributed by atoms with E-state index in [-0.39, 0.29) is 5.41 Å². The van der Waals surface area contributed by atoms with Gasteiger partial charge in [0.25, 0.3) is 0 Å². The number of hydrogen-bond donors (Lipinski definition) is 1. The summed E-state index contributed by atoms with van der Waals surface area (Å²) in [5.74, 6) is 0. The van der Waals surface area contributed by atoms with Crippen molar-refractivity contribution in [2.45, 2.75) is 19.3 Å². The molecule has 18 heavy (non-hydrogen) atoms. The fourth-order valence-corrected chi connectivity index (χ4v) is 2.18. The second-order valence-corrected chi connectivity index (χ2v) is 5.65. The van der Waals surface area contributed by atoms with Gasteiger partial charge in [-0.2, -0.15) is 5.26 Å². The molecule has 0 bridgehead atoms. The molecule has 0 aromatic carbocycles. The molecule has 0 spiro atoms. The Bertz CT molecular complexity index is 554. The van der Waals surface area contributed by atoms with Gasteiger partial charge in [-0.3, -0.25) is 4.98 Å². The van der Waals surface area contributed by atoms with Crippen LogP contribution in [0.3, 0.4) is 0 Å². The molecule has 1 N–H and O–H groups in total. The minimum Gasteiger partial charge on any atom is -0.361 e. The molecule has 0 aliphatic carbocycles. The van der Waals surface area contributed by atoms with Crippen LogP contribution in [0.2, 0.25) is 0 Å². The molecule has 2 heterocycles. The fourth-order valence-electron chi connectivity index (χ4n) is 1.57. The van der Waals surface area contributed by atoms with Crippen LogP contribution in [0.15, 0.2) is 30.7 Å². The van der Waals surface area contributed by atoms with E-state index in [1.807, 2.05) is 12.3 Å². The maximum Gasteiger partial charge on any atom is 0.183 e.